The Hall–Kier alpha value is -1.72. The molecule has 0 radical (unpaired) electrons. The van der Waals surface area contributed by atoms with Crippen molar-refractivity contribution in [3.63, 3.8) is 0 Å². The quantitative estimate of drug-likeness (QED) is 0.892. The van der Waals surface area contributed by atoms with Gasteiger partial charge in [-0.2, -0.15) is 5.10 Å². The lowest BCUT2D eigenvalue weighted by Crippen LogP contribution is -2.22. The number of halogens is 1. The van der Waals surface area contributed by atoms with E-state index in [2.05, 4.69) is 24.0 Å². The average molecular weight is 305 g/mol. The number of aliphatic hydroxyl groups is 1. The molecule has 0 saturated heterocycles. The Balaban J connectivity index is 2.14. The van der Waals surface area contributed by atoms with Crippen molar-refractivity contribution < 1.29 is 9.50 Å². The molecule has 120 valence electrons. The van der Waals surface area contributed by atoms with Crippen LogP contribution < -0.4 is 0 Å². The second-order valence-corrected chi connectivity index (χ2v) is 5.74. The van der Waals surface area contributed by atoms with E-state index in [1.807, 2.05) is 30.7 Å². The molecule has 0 bridgehead atoms. The summed E-state index contributed by atoms with van der Waals surface area (Å²) in [5.41, 5.74) is 4.35. The lowest BCUT2D eigenvalue weighted by molar-refractivity contribution is 0.251. The molecule has 0 aliphatic rings. The van der Waals surface area contributed by atoms with Gasteiger partial charge in [0.2, 0.25) is 0 Å². The van der Waals surface area contributed by atoms with Gasteiger partial charge in [0, 0.05) is 23.8 Å². The van der Waals surface area contributed by atoms with Crippen molar-refractivity contribution in [2.45, 2.75) is 39.9 Å². The summed E-state index contributed by atoms with van der Waals surface area (Å²) in [6.07, 6.45) is 0. The minimum Gasteiger partial charge on any atom is -0.394 e. The standard InChI is InChI=1S/C17H24FN3O/c1-12-17(14(3)21(19-12)9-10-22)11-20(4)13(2)15-5-7-16(18)8-6-15/h5-8,13,22H,9-11H2,1-4H3. The number of aromatic nitrogens is 2. The summed E-state index contributed by atoms with van der Waals surface area (Å²) in [5, 5.41) is 13.6. The Morgan fingerprint density at radius 3 is 2.50 bits per heavy atom. The van der Waals surface area contributed by atoms with Gasteiger partial charge in [0.1, 0.15) is 5.82 Å². The summed E-state index contributed by atoms with van der Waals surface area (Å²) >= 11 is 0. The van der Waals surface area contributed by atoms with Gasteiger partial charge in [0.05, 0.1) is 18.8 Å². The van der Waals surface area contributed by atoms with Crippen LogP contribution in [0, 0.1) is 19.7 Å². The third kappa shape index (κ3) is 3.54. The van der Waals surface area contributed by atoms with Crippen molar-refractivity contribution in [1.29, 1.82) is 0 Å². The predicted octanol–water partition coefficient (Wildman–Crippen LogP) is 2.82. The van der Waals surface area contributed by atoms with Crippen LogP contribution >= 0.6 is 0 Å². The fraction of sp³-hybridized carbons (Fsp3) is 0.471. The zero-order chi connectivity index (χ0) is 16.3. The Morgan fingerprint density at radius 2 is 1.91 bits per heavy atom. The minimum atomic E-state index is -0.212. The number of benzene rings is 1. The molecule has 0 amide bonds. The van der Waals surface area contributed by atoms with Gasteiger partial charge in [-0.25, -0.2) is 4.39 Å². The molecule has 4 nitrogen and oxygen atoms in total. The number of aryl methyl sites for hydroxylation is 1. The molecule has 2 rings (SSSR count). The summed E-state index contributed by atoms with van der Waals surface area (Å²) < 4.78 is 14.9. The molecule has 0 aliphatic carbocycles. The zero-order valence-electron chi connectivity index (χ0n) is 13.7. The monoisotopic (exact) mass is 305 g/mol. The molecule has 5 heteroatoms. The predicted molar refractivity (Wildman–Crippen MR) is 85.1 cm³/mol. The van der Waals surface area contributed by atoms with Crippen LogP contribution in [-0.4, -0.2) is 33.4 Å². The van der Waals surface area contributed by atoms with Crippen molar-refractivity contribution in [3.8, 4) is 0 Å². The number of nitrogens with zero attached hydrogens (tertiary/aromatic N) is 3. The highest BCUT2D eigenvalue weighted by Crippen LogP contribution is 2.23. The Bertz CT molecular complexity index is 622. The van der Waals surface area contributed by atoms with Crippen molar-refractivity contribution >= 4 is 0 Å². The second-order valence-electron chi connectivity index (χ2n) is 5.74. The first-order valence-electron chi connectivity index (χ1n) is 7.53. The van der Waals surface area contributed by atoms with Gasteiger partial charge < -0.3 is 5.11 Å². The first-order valence-corrected chi connectivity index (χ1v) is 7.53. The van der Waals surface area contributed by atoms with Crippen LogP contribution in [0.3, 0.4) is 0 Å². The molecular weight excluding hydrogens is 281 g/mol. The summed E-state index contributed by atoms with van der Waals surface area (Å²) in [5.74, 6) is -0.212. The maximum atomic E-state index is 13.0. The fourth-order valence-corrected chi connectivity index (χ4v) is 2.66. The van der Waals surface area contributed by atoms with Gasteiger partial charge in [-0.15, -0.1) is 0 Å². The zero-order valence-corrected chi connectivity index (χ0v) is 13.7. The number of aliphatic hydroxyl groups excluding tert-OH is 1. The van der Waals surface area contributed by atoms with E-state index in [0.29, 0.717) is 6.54 Å². The highest BCUT2D eigenvalue weighted by molar-refractivity contribution is 5.25. The lowest BCUT2D eigenvalue weighted by Gasteiger charge is -2.25. The van der Waals surface area contributed by atoms with Gasteiger partial charge >= 0.3 is 0 Å². The van der Waals surface area contributed by atoms with Gasteiger partial charge in [-0.05, 0) is 45.5 Å². The average Bonchev–Trinajstić information content (AvgIpc) is 2.75. The van der Waals surface area contributed by atoms with E-state index < -0.39 is 0 Å². The highest BCUT2D eigenvalue weighted by Gasteiger charge is 2.17. The lowest BCUT2D eigenvalue weighted by atomic mass is 10.1. The summed E-state index contributed by atoms with van der Waals surface area (Å²) in [6.45, 7) is 7.50. The second kappa shape index (κ2) is 7.03. The van der Waals surface area contributed by atoms with Crippen LogP contribution in [0.4, 0.5) is 4.39 Å². The molecule has 1 N–H and O–H groups in total. The molecule has 1 atom stereocenters. The summed E-state index contributed by atoms with van der Waals surface area (Å²) in [4.78, 5) is 2.22. The Kier molecular flexibility index (Phi) is 5.32. The van der Waals surface area contributed by atoms with Crippen molar-refractivity contribution in [2.24, 2.45) is 0 Å². The van der Waals surface area contributed by atoms with E-state index in [1.165, 1.54) is 17.7 Å². The first kappa shape index (κ1) is 16.6. The molecule has 0 aliphatic heterocycles. The van der Waals surface area contributed by atoms with Crippen LogP contribution in [-0.2, 0) is 13.1 Å². The number of hydrogen-bond acceptors (Lipinski definition) is 3. The van der Waals surface area contributed by atoms with E-state index in [9.17, 15) is 4.39 Å². The van der Waals surface area contributed by atoms with Crippen LogP contribution in [0.15, 0.2) is 24.3 Å². The van der Waals surface area contributed by atoms with E-state index in [-0.39, 0.29) is 18.5 Å². The maximum Gasteiger partial charge on any atom is 0.123 e. The molecule has 0 spiro atoms. The van der Waals surface area contributed by atoms with Crippen LogP contribution in [0.5, 0.6) is 0 Å². The summed E-state index contributed by atoms with van der Waals surface area (Å²) in [6, 6.07) is 6.82. The van der Waals surface area contributed by atoms with E-state index in [1.54, 1.807) is 0 Å². The highest BCUT2D eigenvalue weighted by atomic mass is 19.1. The number of hydrogen-bond donors (Lipinski definition) is 1. The fourth-order valence-electron chi connectivity index (χ4n) is 2.66. The van der Waals surface area contributed by atoms with Crippen molar-refractivity contribution in [2.75, 3.05) is 13.7 Å². The third-order valence-corrected chi connectivity index (χ3v) is 4.26. The van der Waals surface area contributed by atoms with Gasteiger partial charge in [0.25, 0.3) is 0 Å². The topological polar surface area (TPSA) is 41.3 Å². The maximum absolute atomic E-state index is 13.0. The normalized spacial score (nSPS) is 12.9. The smallest absolute Gasteiger partial charge is 0.123 e. The van der Waals surface area contributed by atoms with Crippen LogP contribution in [0.1, 0.15) is 35.5 Å². The molecule has 0 fully saturated rings. The minimum absolute atomic E-state index is 0.0865. The van der Waals surface area contributed by atoms with Gasteiger partial charge in [-0.1, -0.05) is 12.1 Å². The van der Waals surface area contributed by atoms with E-state index in [4.69, 9.17) is 5.11 Å². The number of rotatable bonds is 6. The Labute approximate surface area is 131 Å². The molecular formula is C17H24FN3O. The molecule has 1 aromatic carbocycles. The molecule has 22 heavy (non-hydrogen) atoms. The SMILES string of the molecule is Cc1nn(CCO)c(C)c1CN(C)C(C)c1ccc(F)cc1. The molecule has 0 saturated carbocycles. The largest absolute Gasteiger partial charge is 0.394 e. The van der Waals surface area contributed by atoms with Crippen LogP contribution in [0.25, 0.3) is 0 Å². The van der Waals surface area contributed by atoms with Crippen LogP contribution in [0.2, 0.25) is 0 Å². The Morgan fingerprint density at radius 1 is 1.27 bits per heavy atom. The van der Waals surface area contributed by atoms with Crippen molar-refractivity contribution in [1.82, 2.24) is 14.7 Å². The first-order chi connectivity index (χ1) is 10.4. The summed E-state index contributed by atoms with van der Waals surface area (Å²) in [7, 11) is 2.05. The van der Waals surface area contributed by atoms with E-state index >= 15 is 0 Å². The molecule has 1 aromatic heterocycles. The molecule has 2 aromatic rings. The third-order valence-electron chi connectivity index (χ3n) is 4.26. The molecule has 1 unspecified atom stereocenters. The van der Waals surface area contributed by atoms with E-state index in [0.717, 1.165) is 23.5 Å². The van der Waals surface area contributed by atoms with Gasteiger partial charge in [-0.3, -0.25) is 9.58 Å². The molecule has 1 heterocycles. The van der Waals surface area contributed by atoms with Crippen molar-refractivity contribution in [3.05, 3.63) is 52.6 Å². The van der Waals surface area contributed by atoms with Gasteiger partial charge in [0.15, 0.2) is 0 Å².